The average molecular weight is 232 g/mol. The number of aliphatic hydroxyl groups is 1. The molecule has 96 valence electrons. The van der Waals surface area contributed by atoms with Crippen molar-refractivity contribution in [1.82, 2.24) is 0 Å². The maximum atomic E-state index is 10.8. The van der Waals surface area contributed by atoms with Gasteiger partial charge < -0.3 is 14.6 Å². The van der Waals surface area contributed by atoms with Crippen molar-refractivity contribution in [2.75, 3.05) is 19.8 Å². The van der Waals surface area contributed by atoms with Gasteiger partial charge in [0.25, 0.3) is 0 Å². The van der Waals surface area contributed by atoms with Crippen molar-refractivity contribution < 1.29 is 19.4 Å². The molecular weight excluding hydrogens is 208 g/mol. The van der Waals surface area contributed by atoms with Gasteiger partial charge in [-0.3, -0.25) is 0 Å². The van der Waals surface area contributed by atoms with Gasteiger partial charge in [0.2, 0.25) is 0 Å². The first-order valence-corrected chi connectivity index (χ1v) is 6.21. The van der Waals surface area contributed by atoms with Gasteiger partial charge in [-0.1, -0.05) is 45.4 Å². The highest BCUT2D eigenvalue weighted by atomic mass is 16.7. The molecule has 0 bridgehead atoms. The third-order valence-electron chi connectivity index (χ3n) is 2.28. The number of unbranched alkanes of at least 4 members (excludes halogenated alkanes) is 6. The molecule has 0 radical (unpaired) electrons. The Morgan fingerprint density at radius 2 is 1.50 bits per heavy atom. The molecule has 0 aliphatic heterocycles. The summed E-state index contributed by atoms with van der Waals surface area (Å²) in [6.45, 7) is 2.46. The van der Waals surface area contributed by atoms with Crippen LogP contribution >= 0.6 is 0 Å². The van der Waals surface area contributed by atoms with Crippen LogP contribution in [0.2, 0.25) is 0 Å². The summed E-state index contributed by atoms with van der Waals surface area (Å²) in [5, 5.41) is 8.39. The summed E-state index contributed by atoms with van der Waals surface area (Å²) < 4.78 is 9.34. The zero-order valence-corrected chi connectivity index (χ0v) is 10.2. The molecule has 0 saturated heterocycles. The molecule has 4 nitrogen and oxygen atoms in total. The van der Waals surface area contributed by atoms with Crippen molar-refractivity contribution in [1.29, 1.82) is 0 Å². The van der Waals surface area contributed by atoms with Crippen molar-refractivity contribution in [3.63, 3.8) is 0 Å². The van der Waals surface area contributed by atoms with Crippen molar-refractivity contribution >= 4 is 6.16 Å². The molecule has 16 heavy (non-hydrogen) atoms. The highest BCUT2D eigenvalue weighted by molar-refractivity contribution is 5.59. The molecule has 0 saturated carbocycles. The average Bonchev–Trinajstić information content (AvgIpc) is 2.30. The van der Waals surface area contributed by atoms with Gasteiger partial charge in [-0.25, -0.2) is 4.79 Å². The second kappa shape index (κ2) is 12.3. The second-order valence-electron chi connectivity index (χ2n) is 3.79. The zero-order valence-electron chi connectivity index (χ0n) is 10.2. The summed E-state index contributed by atoms with van der Waals surface area (Å²) in [6, 6.07) is 0. The molecule has 0 fully saturated rings. The lowest BCUT2D eigenvalue weighted by molar-refractivity contribution is 0.0425. The Morgan fingerprint density at radius 3 is 2.12 bits per heavy atom. The standard InChI is InChI=1S/C12H24O4/c1-2-3-4-5-6-7-8-10-15-12(14)16-11-9-13/h13H,2-11H2,1H3. The van der Waals surface area contributed by atoms with Crippen molar-refractivity contribution in [3.8, 4) is 0 Å². The number of carbonyl (C=O) groups excluding carboxylic acids is 1. The van der Waals surface area contributed by atoms with Crippen molar-refractivity contribution in [2.24, 2.45) is 0 Å². The molecule has 0 aliphatic rings. The molecule has 0 aliphatic carbocycles. The number of rotatable bonds is 10. The van der Waals surface area contributed by atoms with Crippen molar-refractivity contribution in [2.45, 2.75) is 51.9 Å². The molecule has 0 aromatic rings. The molecule has 0 heterocycles. The van der Waals surface area contributed by atoms with Gasteiger partial charge >= 0.3 is 6.16 Å². The van der Waals surface area contributed by atoms with Gasteiger partial charge in [-0.15, -0.1) is 0 Å². The van der Waals surface area contributed by atoms with Gasteiger partial charge in [-0.2, -0.15) is 0 Å². The highest BCUT2D eigenvalue weighted by Crippen LogP contribution is 2.06. The van der Waals surface area contributed by atoms with E-state index in [4.69, 9.17) is 9.84 Å². The van der Waals surface area contributed by atoms with E-state index in [2.05, 4.69) is 11.7 Å². The molecule has 0 aromatic carbocycles. The van der Waals surface area contributed by atoms with Crippen LogP contribution in [0.5, 0.6) is 0 Å². The van der Waals surface area contributed by atoms with Crippen LogP contribution in [0, 0.1) is 0 Å². The Morgan fingerprint density at radius 1 is 0.938 bits per heavy atom. The van der Waals surface area contributed by atoms with E-state index in [9.17, 15) is 4.79 Å². The fourth-order valence-electron chi connectivity index (χ4n) is 1.39. The van der Waals surface area contributed by atoms with Crippen LogP contribution < -0.4 is 0 Å². The largest absolute Gasteiger partial charge is 0.508 e. The summed E-state index contributed by atoms with van der Waals surface area (Å²) in [6.07, 6.45) is 7.65. The summed E-state index contributed by atoms with van der Waals surface area (Å²) in [5.74, 6) is 0. The number of carbonyl (C=O) groups is 1. The van der Waals surface area contributed by atoms with E-state index >= 15 is 0 Å². The molecule has 0 spiro atoms. The third-order valence-corrected chi connectivity index (χ3v) is 2.28. The van der Waals surface area contributed by atoms with E-state index in [1.165, 1.54) is 32.1 Å². The van der Waals surface area contributed by atoms with E-state index in [0.29, 0.717) is 6.61 Å². The minimum atomic E-state index is -0.681. The maximum Gasteiger partial charge on any atom is 0.508 e. The van der Waals surface area contributed by atoms with Gasteiger partial charge in [0.15, 0.2) is 0 Å². The van der Waals surface area contributed by atoms with Crippen LogP contribution in [-0.4, -0.2) is 31.1 Å². The number of aliphatic hydroxyl groups excluding tert-OH is 1. The second-order valence-corrected chi connectivity index (χ2v) is 3.79. The van der Waals surface area contributed by atoms with Gasteiger partial charge in [0.1, 0.15) is 6.61 Å². The number of hydrogen-bond donors (Lipinski definition) is 1. The maximum absolute atomic E-state index is 10.8. The van der Waals surface area contributed by atoms with E-state index in [1.54, 1.807) is 0 Å². The highest BCUT2D eigenvalue weighted by Gasteiger charge is 2.01. The Labute approximate surface area is 97.9 Å². The zero-order chi connectivity index (χ0) is 12.1. The van der Waals surface area contributed by atoms with Gasteiger partial charge in [0, 0.05) is 0 Å². The van der Waals surface area contributed by atoms with E-state index in [1.807, 2.05) is 0 Å². The lowest BCUT2D eigenvalue weighted by Gasteiger charge is -2.04. The van der Waals surface area contributed by atoms with Crippen LogP contribution in [-0.2, 0) is 9.47 Å². The predicted molar refractivity (Wildman–Crippen MR) is 62.4 cm³/mol. The Balaban J connectivity index is 3.05. The monoisotopic (exact) mass is 232 g/mol. The van der Waals surface area contributed by atoms with Crippen LogP contribution in [0.15, 0.2) is 0 Å². The molecule has 1 N–H and O–H groups in total. The minimum Gasteiger partial charge on any atom is -0.434 e. The fourth-order valence-corrected chi connectivity index (χ4v) is 1.39. The molecule has 4 heteroatoms. The lowest BCUT2D eigenvalue weighted by Crippen LogP contribution is -2.11. The summed E-state index contributed by atoms with van der Waals surface area (Å²) in [7, 11) is 0. The van der Waals surface area contributed by atoms with Crippen LogP contribution in [0.1, 0.15) is 51.9 Å². The van der Waals surface area contributed by atoms with Crippen molar-refractivity contribution in [3.05, 3.63) is 0 Å². The first-order valence-electron chi connectivity index (χ1n) is 6.21. The van der Waals surface area contributed by atoms with E-state index in [-0.39, 0.29) is 13.2 Å². The lowest BCUT2D eigenvalue weighted by atomic mass is 10.1. The quantitative estimate of drug-likeness (QED) is 0.465. The van der Waals surface area contributed by atoms with Gasteiger partial charge in [0.05, 0.1) is 13.2 Å². The molecule has 0 rings (SSSR count). The normalized spacial score (nSPS) is 10.1. The number of ether oxygens (including phenoxy) is 2. The van der Waals surface area contributed by atoms with E-state index in [0.717, 1.165) is 12.8 Å². The summed E-state index contributed by atoms with van der Waals surface area (Å²) >= 11 is 0. The number of hydrogen-bond acceptors (Lipinski definition) is 4. The summed E-state index contributed by atoms with van der Waals surface area (Å²) in [5.41, 5.74) is 0. The fraction of sp³-hybridized carbons (Fsp3) is 0.917. The topological polar surface area (TPSA) is 55.8 Å². The Kier molecular flexibility index (Phi) is 11.7. The Bertz CT molecular complexity index is 159. The molecule has 0 unspecified atom stereocenters. The predicted octanol–water partition coefficient (Wildman–Crippen LogP) is 2.88. The first-order chi connectivity index (χ1) is 7.81. The van der Waals surface area contributed by atoms with Crippen LogP contribution in [0.25, 0.3) is 0 Å². The molecular formula is C12H24O4. The Hall–Kier alpha value is -0.770. The molecule has 0 aromatic heterocycles. The SMILES string of the molecule is CCCCCCCCCOC(=O)OCCO. The van der Waals surface area contributed by atoms with E-state index < -0.39 is 6.16 Å². The molecule has 0 amide bonds. The third kappa shape index (κ3) is 11.3. The molecule has 0 atom stereocenters. The first kappa shape index (κ1) is 15.2. The minimum absolute atomic E-state index is 0.00977. The van der Waals surface area contributed by atoms with Gasteiger partial charge in [-0.05, 0) is 6.42 Å². The van der Waals surface area contributed by atoms with Crippen LogP contribution in [0.4, 0.5) is 4.79 Å². The smallest absolute Gasteiger partial charge is 0.434 e. The van der Waals surface area contributed by atoms with Crippen LogP contribution in [0.3, 0.4) is 0 Å². The summed E-state index contributed by atoms with van der Waals surface area (Å²) in [4.78, 5) is 10.8.